The number of nitrogens with zero attached hydrogens (tertiary/aromatic N) is 3. The number of hydrogen-bond donors (Lipinski definition) is 3. The molecular weight excluding hydrogens is 676 g/mol. The highest BCUT2D eigenvalue weighted by atomic mass is 32.1. The van der Waals surface area contributed by atoms with Crippen molar-refractivity contribution >= 4 is 51.2 Å². The van der Waals surface area contributed by atoms with Gasteiger partial charge in [0.25, 0.3) is 0 Å². The molecule has 3 amide bonds. The van der Waals surface area contributed by atoms with E-state index in [9.17, 15) is 19.2 Å². The maximum Gasteiger partial charge on any atom is 0.408 e. The van der Waals surface area contributed by atoms with E-state index in [4.69, 9.17) is 29.7 Å². The summed E-state index contributed by atoms with van der Waals surface area (Å²) in [5, 5.41) is 8.35. The summed E-state index contributed by atoms with van der Waals surface area (Å²) >= 11 is 1.28. The number of ether oxygens (including phenoxy) is 4. The number of alkyl carbamates (subject to hydrolysis) is 1. The molecule has 0 unspecified atom stereocenters. The number of carbonyl (C=O) groups is 4. The van der Waals surface area contributed by atoms with E-state index in [1.54, 1.807) is 43.7 Å². The van der Waals surface area contributed by atoms with E-state index in [2.05, 4.69) is 28.8 Å². The van der Waals surface area contributed by atoms with Crippen molar-refractivity contribution in [3.63, 3.8) is 0 Å². The highest BCUT2D eigenvalue weighted by molar-refractivity contribution is 7.13. The Labute approximate surface area is 299 Å². The minimum atomic E-state index is -1.29. The van der Waals surface area contributed by atoms with Crippen LogP contribution in [0.15, 0.2) is 54.5 Å². The first-order chi connectivity index (χ1) is 24.5. The number of carbonyl (C=O) groups excluding carboxylic acids is 4. The van der Waals surface area contributed by atoms with Crippen LogP contribution in [0.3, 0.4) is 0 Å². The van der Waals surface area contributed by atoms with Crippen molar-refractivity contribution in [2.45, 2.75) is 75.3 Å². The summed E-state index contributed by atoms with van der Waals surface area (Å²) in [6.45, 7) is 9.33. The number of hydrogen-bond acceptors (Lipinski definition) is 12. The number of nitrogens with two attached hydrogens (primary N) is 1. The number of nitrogen functional groups attached to an aromatic ring is 1. The molecule has 14 nitrogen and oxygen atoms in total. The lowest BCUT2D eigenvalue weighted by Gasteiger charge is -2.29. The van der Waals surface area contributed by atoms with Crippen LogP contribution in [0.2, 0.25) is 0 Å². The van der Waals surface area contributed by atoms with Gasteiger partial charge in [0.1, 0.15) is 47.0 Å². The number of likely N-dealkylation sites (tertiary alicyclic amines) is 1. The lowest BCUT2D eigenvalue weighted by Crippen LogP contribution is -2.56. The number of esters is 1. The van der Waals surface area contributed by atoms with Crippen molar-refractivity contribution in [2.75, 3.05) is 26.5 Å². The number of anilines is 1. The molecule has 3 fully saturated rings. The molecule has 0 spiro atoms. The minimum Gasteiger partial charge on any atom is -0.497 e. The van der Waals surface area contributed by atoms with Gasteiger partial charge in [-0.3, -0.25) is 9.59 Å². The molecule has 0 radical (unpaired) electrons. The molecule has 6 rings (SSSR count). The van der Waals surface area contributed by atoms with E-state index < -0.39 is 47.6 Å². The van der Waals surface area contributed by atoms with E-state index in [0.717, 1.165) is 25.7 Å². The molecule has 3 aromatic rings. The molecule has 1 aliphatic heterocycles. The molecule has 51 heavy (non-hydrogen) atoms. The molecule has 0 bridgehead atoms. The number of fused-ring (bicyclic) bond motifs is 1. The number of nitrogens with one attached hydrogen (secondary N) is 2. The number of amides is 3. The van der Waals surface area contributed by atoms with Crippen molar-refractivity contribution in [3.8, 4) is 22.9 Å². The Hall–Kier alpha value is -5.18. The van der Waals surface area contributed by atoms with Crippen molar-refractivity contribution in [1.82, 2.24) is 25.5 Å². The Bertz CT molecular complexity index is 1870. The predicted octanol–water partition coefficient (Wildman–Crippen LogP) is 4.14. The number of thiazole rings is 1. The summed E-state index contributed by atoms with van der Waals surface area (Å²) in [6.07, 6.45) is 3.78. The standard InChI is InChI=1S/C36H42N6O8S/c1-6-20-16-36(20,33(45)48-5)41-31(43)28-14-23(17-42(28)32(44)30(19(2)3)40-35(46)50-21-9-7-8-10-21)49-29-15-26(27-18-51-34(37)39-27)38-25-13-22(47-4)11-12-24(25)29/h6,11-13,15,18,20-21,23,28,30H,1-2,7-10,14,16-17H2,3-5H3,(H2,37,39)(H,40,46)(H,41,43)/t20-,23-,28+,30+,36-/m1/s1. The van der Waals surface area contributed by atoms with E-state index in [0.29, 0.717) is 50.9 Å². The van der Waals surface area contributed by atoms with Crippen LogP contribution < -0.4 is 25.8 Å². The van der Waals surface area contributed by atoms with Gasteiger partial charge in [-0.05, 0) is 56.7 Å². The average Bonchev–Trinajstić information content (AvgIpc) is 3.52. The third-order valence-electron chi connectivity index (χ3n) is 9.68. The van der Waals surface area contributed by atoms with Crippen molar-refractivity contribution < 1.29 is 38.1 Å². The number of rotatable bonds is 12. The quantitative estimate of drug-likeness (QED) is 0.181. The number of aromatic nitrogens is 2. The fourth-order valence-corrected chi connectivity index (χ4v) is 7.41. The molecule has 2 saturated carbocycles. The van der Waals surface area contributed by atoms with Crippen LogP contribution in [0, 0.1) is 5.92 Å². The lowest BCUT2D eigenvalue weighted by molar-refractivity contribution is -0.148. The molecule has 2 aliphatic carbocycles. The summed E-state index contributed by atoms with van der Waals surface area (Å²) in [4.78, 5) is 64.6. The zero-order valence-corrected chi connectivity index (χ0v) is 29.6. The van der Waals surface area contributed by atoms with Crippen molar-refractivity contribution in [1.29, 1.82) is 0 Å². The van der Waals surface area contributed by atoms with E-state index >= 15 is 0 Å². The first kappa shape index (κ1) is 35.6. The molecule has 2 aromatic heterocycles. The van der Waals surface area contributed by atoms with Crippen LogP contribution in [0.1, 0.15) is 45.4 Å². The second-order valence-corrected chi connectivity index (χ2v) is 14.1. The van der Waals surface area contributed by atoms with Crippen molar-refractivity contribution in [2.24, 2.45) is 5.92 Å². The van der Waals surface area contributed by atoms with Crippen LogP contribution in [-0.2, 0) is 23.9 Å². The summed E-state index contributed by atoms with van der Waals surface area (Å²) < 4.78 is 22.6. The second kappa shape index (κ2) is 14.6. The van der Waals surface area contributed by atoms with Crippen LogP contribution >= 0.6 is 11.3 Å². The zero-order valence-electron chi connectivity index (χ0n) is 28.8. The fourth-order valence-electron chi connectivity index (χ4n) is 6.85. The van der Waals surface area contributed by atoms with Gasteiger partial charge in [0.15, 0.2) is 5.13 Å². The maximum atomic E-state index is 14.3. The Morgan fingerprint density at radius 2 is 1.88 bits per heavy atom. The third kappa shape index (κ3) is 7.34. The van der Waals surface area contributed by atoms with Gasteiger partial charge in [0.05, 0.1) is 32.0 Å². The molecule has 15 heteroatoms. The van der Waals surface area contributed by atoms with Crippen molar-refractivity contribution in [3.05, 3.63) is 54.5 Å². The SMILES string of the molecule is C=C[C@@H]1C[C@]1(NC(=O)[C@@H]1C[C@@H](Oc2cc(-c3csc(N)n3)nc3cc(OC)ccc23)CN1C(=O)[C@@H](NC(=O)OC1CCCC1)C(=C)C)C(=O)OC. The largest absolute Gasteiger partial charge is 0.497 e. The molecule has 5 atom stereocenters. The van der Waals surface area contributed by atoms with Gasteiger partial charge in [0, 0.05) is 35.2 Å². The first-order valence-corrected chi connectivity index (χ1v) is 17.7. The topological polar surface area (TPSA) is 184 Å². The minimum absolute atomic E-state index is 0.0187. The Balaban J connectivity index is 1.31. The fraction of sp³-hybridized carbons (Fsp3) is 0.444. The summed E-state index contributed by atoms with van der Waals surface area (Å²) in [5.41, 5.74) is 6.63. The third-order valence-corrected chi connectivity index (χ3v) is 10.4. The Kier molecular flexibility index (Phi) is 10.2. The maximum absolute atomic E-state index is 14.3. The molecule has 4 N–H and O–H groups in total. The van der Waals surface area contributed by atoms with Gasteiger partial charge in [0.2, 0.25) is 11.8 Å². The second-order valence-electron chi connectivity index (χ2n) is 13.2. The van der Waals surface area contributed by atoms with E-state index in [1.165, 1.54) is 23.3 Å². The molecule has 270 valence electrons. The Morgan fingerprint density at radius 1 is 1.12 bits per heavy atom. The van der Waals surface area contributed by atoms with Gasteiger partial charge in [-0.1, -0.05) is 12.7 Å². The number of benzene rings is 1. The number of pyridine rings is 1. The zero-order chi connectivity index (χ0) is 36.4. The van der Waals surface area contributed by atoms with E-state index in [1.807, 2.05) is 6.07 Å². The van der Waals surface area contributed by atoms with Gasteiger partial charge in [-0.2, -0.15) is 0 Å². The van der Waals surface area contributed by atoms with Crippen LogP contribution in [0.5, 0.6) is 11.5 Å². The van der Waals surface area contributed by atoms with Gasteiger partial charge in [-0.25, -0.2) is 19.6 Å². The highest BCUT2D eigenvalue weighted by Crippen LogP contribution is 2.46. The van der Waals surface area contributed by atoms with Gasteiger partial charge >= 0.3 is 12.1 Å². The smallest absolute Gasteiger partial charge is 0.408 e. The predicted molar refractivity (Wildman–Crippen MR) is 190 cm³/mol. The first-order valence-electron chi connectivity index (χ1n) is 16.8. The lowest BCUT2D eigenvalue weighted by atomic mass is 10.1. The average molecular weight is 719 g/mol. The molecule has 3 aliphatic rings. The summed E-state index contributed by atoms with van der Waals surface area (Å²) in [5.74, 6) is -1.04. The monoisotopic (exact) mass is 718 g/mol. The van der Waals surface area contributed by atoms with Crippen LogP contribution in [0.25, 0.3) is 22.3 Å². The van der Waals surface area contributed by atoms with E-state index in [-0.39, 0.29) is 25.0 Å². The summed E-state index contributed by atoms with van der Waals surface area (Å²) in [6, 6.07) is 4.86. The Morgan fingerprint density at radius 3 is 2.51 bits per heavy atom. The van der Waals surface area contributed by atoms with Gasteiger partial charge < -0.3 is 40.2 Å². The van der Waals surface area contributed by atoms with Crippen LogP contribution in [-0.4, -0.2) is 89.3 Å². The summed E-state index contributed by atoms with van der Waals surface area (Å²) in [7, 11) is 2.81. The highest BCUT2D eigenvalue weighted by Gasteiger charge is 2.62. The molecule has 1 saturated heterocycles. The molecular formula is C36H42N6O8S. The molecule has 3 heterocycles. The normalized spacial score (nSPS) is 23.3. The number of methoxy groups -OCH3 is 2. The van der Waals surface area contributed by atoms with Crippen LogP contribution in [0.4, 0.5) is 9.93 Å². The molecule has 1 aromatic carbocycles. The van der Waals surface area contributed by atoms with Gasteiger partial charge in [-0.15, -0.1) is 17.9 Å².